The number of para-hydroxylation sites is 1. The van der Waals surface area contributed by atoms with E-state index in [9.17, 15) is 0 Å². The molecule has 0 bridgehead atoms. The third-order valence-corrected chi connectivity index (χ3v) is 6.91. The van der Waals surface area contributed by atoms with Crippen molar-refractivity contribution in [1.29, 1.82) is 5.41 Å². The number of fused-ring (bicyclic) bond motifs is 1. The predicted molar refractivity (Wildman–Crippen MR) is 120 cm³/mol. The molecule has 1 atom stereocenters. The van der Waals surface area contributed by atoms with Gasteiger partial charge < -0.3 is 20.4 Å². The molecule has 0 aromatic heterocycles. The molecule has 2 aliphatic heterocycles. The molecule has 1 saturated heterocycles. The summed E-state index contributed by atoms with van der Waals surface area (Å²) in [5, 5.41) is 11.5. The summed E-state index contributed by atoms with van der Waals surface area (Å²) < 4.78 is 6.42. The Kier molecular flexibility index (Phi) is 5.62. The summed E-state index contributed by atoms with van der Waals surface area (Å²) in [5.41, 5.74) is 4.28. The molecule has 0 aliphatic carbocycles. The van der Waals surface area contributed by atoms with Gasteiger partial charge in [-0.25, -0.2) is 0 Å². The summed E-state index contributed by atoms with van der Waals surface area (Å²) in [5.74, 6) is 3.96. The lowest BCUT2D eigenvalue weighted by Gasteiger charge is -2.35. The molecule has 2 aliphatic rings. The van der Waals surface area contributed by atoms with Gasteiger partial charge in [0.1, 0.15) is 11.5 Å². The standard InChI is InChI=1S/C23H27N3OS/c1-16-8-9-21-22(26(16)2)11-10-20(17(12-24)13-25-18-14-28-15-18)23(21)27-19-6-4-3-5-7-19/h3-7,10-13,16,18,24-25H,8-9,14-15H2,1-2H3/b17-13+,24-12?. The minimum atomic E-state index is 0.503. The molecule has 1 fully saturated rings. The van der Waals surface area contributed by atoms with Gasteiger partial charge >= 0.3 is 0 Å². The first kappa shape index (κ1) is 18.9. The molecule has 1 unspecified atom stereocenters. The molecule has 2 heterocycles. The lowest BCUT2D eigenvalue weighted by Crippen LogP contribution is -2.37. The number of rotatable bonds is 6. The van der Waals surface area contributed by atoms with Crippen LogP contribution in [0.2, 0.25) is 0 Å². The van der Waals surface area contributed by atoms with Crippen LogP contribution in [0.15, 0.2) is 48.7 Å². The van der Waals surface area contributed by atoms with Crippen molar-refractivity contribution in [2.24, 2.45) is 0 Å². The smallest absolute Gasteiger partial charge is 0.140 e. The Morgan fingerprint density at radius 1 is 1.21 bits per heavy atom. The zero-order chi connectivity index (χ0) is 19.5. The van der Waals surface area contributed by atoms with Crippen LogP contribution in [0.4, 0.5) is 5.69 Å². The van der Waals surface area contributed by atoms with Crippen LogP contribution in [0.25, 0.3) is 5.57 Å². The molecule has 2 aromatic rings. The molecular formula is C23H27N3OS. The second-order valence-corrected chi connectivity index (χ2v) is 8.57. The summed E-state index contributed by atoms with van der Waals surface area (Å²) in [6.07, 6.45) is 5.48. The Morgan fingerprint density at radius 2 is 2.00 bits per heavy atom. The van der Waals surface area contributed by atoms with Gasteiger partial charge in [0, 0.05) is 65.4 Å². The van der Waals surface area contributed by atoms with E-state index in [0.717, 1.165) is 47.0 Å². The number of benzene rings is 2. The highest BCUT2D eigenvalue weighted by Crippen LogP contribution is 2.42. The van der Waals surface area contributed by atoms with Crippen LogP contribution in [0, 0.1) is 5.41 Å². The van der Waals surface area contributed by atoms with Gasteiger partial charge in [0.2, 0.25) is 0 Å². The average molecular weight is 394 g/mol. The van der Waals surface area contributed by atoms with E-state index in [2.05, 4.69) is 36.3 Å². The summed E-state index contributed by atoms with van der Waals surface area (Å²) in [6, 6.07) is 15.2. The van der Waals surface area contributed by atoms with Gasteiger partial charge in [0.25, 0.3) is 0 Å². The van der Waals surface area contributed by atoms with E-state index < -0.39 is 0 Å². The normalized spacial score (nSPS) is 19.6. The third-order valence-electron chi connectivity index (χ3n) is 5.63. The molecule has 0 amide bonds. The monoisotopic (exact) mass is 393 g/mol. The molecule has 4 nitrogen and oxygen atoms in total. The topological polar surface area (TPSA) is 48.4 Å². The molecule has 28 heavy (non-hydrogen) atoms. The number of nitrogens with zero attached hydrogens (tertiary/aromatic N) is 1. The number of anilines is 1. The van der Waals surface area contributed by atoms with Gasteiger partial charge in [0.05, 0.1) is 0 Å². The van der Waals surface area contributed by atoms with Crippen molar-refractivity contribution in [3.8, 4) is 11.5 Å². The first-order valence-corrected chi connectivity index (χ1v) is 11.0. The fraction of sp³-hybridized carbons (Fsp3) is 0.348. The van der Waals surface area contributed by atoms with E-state index in [0.29, 0.717) is 12.1 Å². The van der Waals surface area contributed by atoms with E-state index in [1.165, 1.54) is 17.5 Å². The van der Waals surface area contributed by atoms with E-state index >= 15 is 0 Å². The van der Waals surface area contributed by atoms with Crippen molar-refractivity contribution in [3.05, 3.63) is 59.8 Å². The second-order valence-electron chi connectivity index (χ2n) is 7.50. The second kappa shape index (κ2) is 8.31. The molecule has 4 rings (SSSR count). The van der Waals surface area contributed by atoms with Gasteiger partial charge in [-0.05, 0) is 44.0 Å². The number of ether oxygens (including phenoxy) is 1. The van der Waals surface area contributed by atoms with Crippen LogP contribution in [0.5, 0.6) is 11.5 Å². The average Bonchev–Trinajstić information content (AvgIpc) is 2.68. The first-order chi connectivity index (χ1) is 13.7. The SMILES string of the molecule is CC1CCc2c(ccc(/C(C=N)=C/NC3CSC3)c2Oc2ccccc2)N1C. The van der Waals surface area contributed by atoms with E-state index in [-0.39, 0.29) is 0 Å². The van der Waals surface area contributed by atoms with Gasteiger partial charge in [0.15, 0.2) is 0 Å². The van der Waals surface area contributed by atoms with Gasteiger partial charge in [-0.2, -0.15) is 11.8 Å². The Hall–Kier alpha value is -2.40. The molecule has 2 aromatic carbocycles. The lowest BCUT2D eigenvalue weighted by molar-refractivity contribution is 0.467. The van der Waals surface area contributed by atoms with Crippen LogP contribution in [-0.2, 0) is 6.42 Å². The highest BCUT2D eigenvalue weighted by Gasteiger charge is 2.26. The fourth-order valence-electron chi connectivity index (χ4n) is 3.66. The molecule has 146 valence electrons. The number of hydrogen-bond donors (Lipinski definition) is 2. The zero-order valence-corrected chi connectivity index (χ0v) is 17.3. The predicted octanol–water partition coefficient (Wildman–Crippen LogP) is 4.95. The van der Waals surface area contributed by atoms with Crippen LogP contribution >= 0.6 is 11.8 Å². The molecule has 5 heteroatoms. The van der Waals surface area contributed by atoms with Crippen molar-refractivity contribution in [3.63, 3.8) is 0 Å². The summed E-state index contributed by atoms with van der Waals surface area (Å²) in [7, 11) is 2.15. The maximum Gasteiger partial charge on any atom is 0.140 e. The highest BCUT2D eigenvalue weighted by molar-refractivity contribution is 8.00. The minimum absolute atomic E-state index is 0.503. The van der Waals surface area contributed by atoms with Crippen molar-refractivity contribution in [2.75, 3.05) is 23.5 Å². The number of nitrogens with one attached hydrogen (secondary N) is 2. The summed E-state index contributed by atoms with van der Waals surface area (Å²) in [4.78, 5) is 2.33. The Balaban J connectivity index is 1.77. The van der Waals surface area contributed by atoms with E-state index in [4.69, 9.17) is 10.1 Å². The summed E-state index contributed by atoms with van der Waals surface area (Å²) >= 11 is 1.95. The Morgan fingerprint density at radius 3 is 2.68 bits per heavy atom. The Bertz CT molecular complexity index is 877. The number of thioether (sulfide) groups is 1. The van der Waals surface area contributed by atoms with Gasteiger partial charge in [-0.3, -0.25) is 0 Å². The number of allylic oxidation sites excluding steroid dienone is 1. The quantitative estimate of drug-likeness (QED) is 0.682. The van der Waals surface area contributed by atoms with Crippen molar-refractivity contribution < 1.29 is 4.74 Å². The fourth-order valence-corrected chi connectivity index (χ4v) is 4.32. The number of hydrogen-bond acceptors (Lipinski definition) is 5. The van der Waals surface area contributed by atoms with Crippen LogP contribution in [0.3, 0.4) is 0 Å². The van der Waals surface area contributed by atoms with E-state index in [1.807, 2.05) is 48.3 Å². The van der Waals surface area contributed by atoms with Gasteiger partial charge in [-0.15, -0.1) is 0 Å². The largest absolute Gasteiger partial charge is 0.456 e. The maximum absolute atomic E-state index is 8.00. The minimum Gasteiger partial charge on any atom is -0.456 e. The maximum atomic E-state index is 8.00. The van der Waals surface area contributed by atoms with Crippen LogP contribution in [-0.4, -0.2) is 36.9 Å². The third kappa shape index (κ3) is 3.76. The van der Waals surface area contributed by atoms with Gasteiger partial charge in [-0.1, -0.05) is 18.2 Å². The lowest BCUT2D eigenvalue weighted by atomic mass is 9.92. The van der Waals surface area contributed by atoms with Crippen molar-refractivity contribution >= 4 is 29.2 Å². The van der Waals surface area contributed by atoms with Crippen LogP contribution < -0.4 is 15.0 Å². The highest BCUT2D eigenvalue weighted by atomic mass is 32.2. The van der Waals surface area contributed by atoms with E-state index in [1.54, 1.807) is 0 Å². The molecule has 0 spiro atoms. The Labute approximate surface area is 171 Å². The zero-order valence-electron chi connectivity index (χ0n) is 16.4. The molecule has 0 saturated carbocycles. The first-order valence-electron chi connectivity index (χ1n) is 9.84. The van der Waals surface area contributed by atoms with Crippen molar-refractivity contribution in [2.45, 2.75) is 31.8 Å². The summed E-state index contributed by atoms with van der Waals surface area (Å²) in [6.45, 7) is 2.26. The van der Waals surface area contributed by atoms with Crippen LogP contribution in [0.1, 0.15) is 24.5 Å². The molecular weight excluding hydrogens is 366 g/mol. The molecule has 2 N–H and O–H groups in total. The van der Waals surface area contributed by atoms with Crippen molar-refractivity contribution in [1.82, 2.24) is 5.32 Å². The molecule has 0 radical (unpaired) electrons.